The van der Waals surface area contributed by atoms with Crippen LogP contribution in [0.4, 0.5) is 0 Å². The van der Waals surface area contributed by atoms with Crippen molar-refractivity contribution in [2.24, 2.45) is 0 Å². The molecule has 0 fully saturated rings. The number of nitrogens with one attached hydrogen (secondary N) is 1. The minimum Gasteiger partial charge on any atom is -0.244 e. The summed E-state index contributed by atoms with van der Waals surface area (Å²) in [5.74, 6) is 0. The molecule has 0 aromatic carbocycles. The van der Waals surface area contributed by atoms with Crippen LogP contribution in [0.5, 0.6) is 0 Å². The van der Waals surface area contributed by atoms with Gasteiger partial charge in [0.25, 0.3) is 0 Å². The lowest BCUT2D eigenvalue weighted by Gasteiger charge is -1.90. The Balaban J connectivity index is 2.54. The zero-order valence-corrected chi connectivity index (χ0v) is 4.30. The summed E-state index contributed by atoms with van der Waals surface area (Å²) in [5, 5.41) is 0.0509. The maximum atomic E-state index is 6.79. The largest absolute Gasteiger partial charge is 0.244 e. The van der Waals surface area contributed by atoms with Crippen molar-refractivity contribution in [3.8, 4) is 0 Å². The van der Waals surface area contributed by atoms with E-state index in [1.807, 2.05) is 13.2 Å². The first-order valence-electron chi connectivity index (χ1n) is 1.51. The summed E-state index contributed by atoms with van der Waals surface area (Å²) in [5.41, 5.74) is 6.79. The first kappa shape index (κ1) is 5.31. The molecule has 0 aliphatic carbocycles. The fourth-order valence-corrected chi connectivity index (χ4v) is 0. The predicted octanol–water partition coefficient (Wildman–Crippen LogP) is 0.978. The molecule has 31 valence electrons. The Hall–Kier alpha value is 0.310. The van der Waals surface area contributed by atoms with Gasteiger partial charge in [0.05, 0.1) is 5.37 Å². The number of thioether (sulfide) groups is 1. The van der Waals surface area contributed by atoms with E-state index in [-0.39, 0.29) is 5.37 Å². The molecule has 0 amide bonds. The Morgan fingerprint density at radius 2 is 2.00 bits per heavy atom. The smallest absolute Gasteiger partial charge is 0.0635 e. The van der Waals surface area contributed by atoms with Crippen molar-refractivity contribution in [1.29, 1.82) is 0 Å². The van der Waals surface area contributed by atoms with Gasteiger partial charge in [-0.2, -0.15) is 0 Å². The second kappa shape index (κ2) is 2.54. The highest BCUT2D eigenvalue weighted by Gasteiger charge is 1.81. The van der Waals surface area contributed by atoms with Gasteiger partial charge in [-0.05, 0) is 13.2 Å². The molecule has 0 aromatic heterocycles. The van der Waals surface area contributed by atoms with Crippen LogP contribution in [0.3, 0.4) is 0 Å². The van der Waals surface area contributed by atoms with Gasteiger partial charge in [-0.15, -0.1) is 11.8 Å². The summed E-state index contributed by atoms with van der Waals surface area (Å²) in [7, 11) is 0. The molecule has 0 saturated heterocycles. The average Bonchev–Trinajstić information content (AvgIpc) is 1.38. The molecule has 1 nitrogen and oxygen atoms in total. The van der Waals surface area contributed by atoms with Crippen molar-refractivity contribution < 1.29 is 0 Å². The molecule has 0 spiro atoms. The van der Waals surface area contributed by atoms with Crippen molar-refractivity contribution in [2.75, 3.05) is 6.26 Å². The van der Waals surface area contributed by atoms with Gasteiger partial charge < -0.3 is 0 Å². The van der Waals surface area contributed by atoms with E-state index in [0.29, 0.717) is 0 Å². The highest BCUT2D eigenvalue weighted by molar-refractivity contribution is 7.99. The topological polar surface area (TPSA) is 23.8 Å². The van der Waals surface area contributed by atoms with Gasteiger partial charge in [0.2, 0.25) is 0 Å². The minimum atomic E-state index is 0.0509. The molecule has 0 rings (SSSR count). The predicted molar refractivity (Wildman–Crippen MR) is 26.1 cm³/mol. The second-order valence-corrected chi connectivity index (χ2v) is 2.06. The van der Waals surface area contributed by atoms with Gasteiger partial charge in [-0.3, -0.25) is 0 Å². The molecule has 5 heavy (non-hydrogen) atoms. The van der Waals surface area contributed by atoms with Crippen LogP contribution in [-0.4, -0.2) is 11.6 Å². The lowest BCUT2D eigenvalue weighted by Crippen LogP contribution is -1.90. The fraction of sp³-hybridized carbons (Fsp3) is 1.00. The SMILES string of the molecule is CSC(C)[NH]. The molecule has 0 bridgehead atoms. The zero-order chi connectivity index (χ0) is 4.28. The Morgan fingerprint density at radius 3 is 2.00 bits per heavy atom. The van der Waals surface area contributed by atoms with Gasteiger partial charge in [-0.1, -0.05) is 0 Å². The van der Waals surface area contributed by atoms with Crippen molar-refractivity contribution in [1.82, 2.24) is 5.73 Å². The van der Waals surface area contributed by atoms with Crippen molar-refractivity contribution in [3.63, 3.8) is 0 Å². The molecule has 1 atom stereocenters. The quantitative estimate of drug-likeness (QED) is 0.471. The second-order valence-electron chi connectivity index (χ2n) is 0.878. The lowest BCUT2D eigenvalue weighted by molar-refractivity contribution is 1.01. The molecule has 0 saturated carbocycles. The molecular formula is C3H8NS. The Kier molecular flexibility index (Phi) is 2.70. The average molecular weight is 90.2 g/mol. The van der Waals surface area contributed by atoms with Gasteiger partial charge in [0.1, 0.15) is 0 Å². The Morgan fingerprint density at radius 1 is 1.80 bits per heavy atom. The van der Waals surface area contributed by atoms with E-state index in [0.717, 1.165) is 0 Å². The van der Waals surface area contributed by atoms with E-state index in [2.05, 4.69) is 0 Å². The maximum Gasteiger partial charge on any atom is 0.0635 e. The van der Waals surface area contributed by atoms with Gasteiger partial charge in [0.15, 0.2) is 0 Å². The summed E-state index contributed by atoms with van der Waals surface area (Å²) < 4.78 is 0. The molecular weight excluding hydrogens is 82.1 g/mol. The molecule has 1 radical (unpaired) electrons. The summed E-state index contributed by atoms with van der Waals surface area (Å²) >= 11 is 1.55. The van der Waals surface area contributed by atoms with E-state index in [1.54, 1.807) is 11.8 Å². The van der Waals surface area contributed by atoms with Crippen LogP contribution >= 0.6 is 11.8 Å². The van der Waals surface area contributed by atoms with Crippen LogP contribution in [0, 0.1) is 0 Å². The number of rotatable bonds is 1. The highest BCUT2D eigenvalue weighted by atomic mass is 32.2. The summed E-state index contributed by atoms with van der Waals surface area (Å²) in [6.07, 6.45) is 1.93. The van der Waals surface area contributed by atoms with Gasteiger partial charge >= 0.3 is 0 Å². The molecule has 0 aliphatic rings. The molecule has 0 aromatic rings. The van der Waals surface area contributed by atoms with Crippen molar-refractivity contribution in [2.45, 2.75) is 12.3 Å². The lowest BCUT2D eigenvalue weighted by atomic mass is 10.8. The Labute approximate surface area is 36.9 Å². The van der Waals surface area contributed by atoms with Crippen LogP contribution in [0.1, 0.15) is 6.92 Å². The van der Waals surface area contributed by atoms with Crippen molar-refractivity contribution >= 4 is 11.8 Å². The molecule has 2 heteroatoms. The monoisotopic (exact) mass is 90.0 g/mol. The molecule has 0 heterocycles. The number of hydrogen-bond acceptors (Lipinski definition) is 1. The van der Waals surface area contributed by atoms with Crippen LogP contribution in [0.25, 0.3) is 0 Å². The third-order valence-corrected chi connectivity index (χ3v) is 1.06. The van der Waals surface area contributed by atoms with E-state index >= 15 is 0 Å². The maximum absolute atomic E-state index is 6.79. The third-order valence-electron chi connectivity index (χ3n) is 0.354. The van der Waals surface area contributed by atoms with E-state index in [9.17, 15) is 0 Å². The van der Waals surface area contributed by atoms with Gasteiger partial charge in [0, 0.05) is 0 Å². The number of hydrogen-bond donors (Lipinski definition) is 0. The Bertz CT molecular complexity index is 20.9. The summed E-state index contributed by atoms with van der Waals surface area (Å²) in [6.45, 7) is 1.85. The standard InChI is InChI=1S/C3H8NS/c1-3(4)5-2/h3-4H,1-2H3. The first-order chi connectivity index (χ1) is 2.27. The third kappa shape index (κ3) is 4.31. The fourth-order valence-electron chi connectivity index (χ4n) is 0. The minimum absolute atomic E-state index is 0.0509. The van der Waals surface area contributed by atoms with Crippen molar-refractivity contribution in [3.05, 3.63) is 0 Å². The highest BCUT2D eigenvalue weighted by Crippen LogP contribution is 1.95. The first-order valence-corrected chi connectivity index (χ1v) is 2.80. The van der Waals surface area contributed by atoms with E-state index in [4.69, 9.17) is 5.73 Å². The summed E-state index contributed by atoms with van der Waals surface area (Å²) in [6, 6.07) is 0. The van der Waals surface area contributed by atoms with Crippen LogP contribution in [0.15, 0.2) is 0 Å². The van der Waals surface area contributed by atoms with E-state index < -0.39 is 0 Å². The van der Waals surface area contributed by atoms with Gasteiger partial charge in [-0.25, -0.2) is 5.73 Å². The summed E-state index contributed by atoms with van der Waals surface area (Å²) in [4.78, 5) is 0. The van der Waals surface area contributed by atoms with Crippen LogP contribution in [0.2, 0.25) is 0 Å². The van der Waals surface area contributed by atoms with Crippen LogP contribution in [-0.2, 0) is 0 Å². The zero-order valence-electron chi connectivity index (χ0n) is 3.49. The molecule has 0 aliphatic heterocycles. The molecule has 1 N–H and O–H groups in total. The molecule has 1 unspecified atom stereocenters. The normalized spacial score (nSPS) is 15.0. The van der Waals surface area contributed by atoms with Crippen LogP contribution < -0.4 is 5.73 Å². The van der Waals surface area contributed by atoms with E-state index in [1.165, 1.54) is 0 Å².